The number of halogens is 1. The number of carbonyl (C=O) groups excluding carboxylic acids is 4. The second-order valence-electron chi connectivity index (χ2n) is 10.2. The van der Waals surface area contributed by atoms with Crippen molar-refractivity contribution >= 4 is 46.7 Å². The molecule has 6 rings (SSSR count). The van der Waals surface area contributed by atoms with Crippen LogP contribution in [0, 0.1) is 23.7 Å². The highest BCUT2D eigenvalue weighted by molar-refractivity contribution is 6.30. The average molecular weight is 529 g/mol. The Labute approximate surface area is 224 Å². The summed E-state index contributed by atoms with van der Waals surface area (Å²) >= 11 is 5.85. The molecule has 38 heavy (non-hydrogen) atoms. The lowest BCUT2D eigenvalue weighted by Crippen LogP contribution is -2.33. The number of esters is 1. The summed E-state index contributed by atoms with van der Waals surface area (Å²) in [6.07, 6.45) is 1.80. The SMILES string of the molecule is O=C(COC(=O)c1cccc(N2C(=O)[C@@H]3[C@@H]4C[C@@H]([C@H]3C2=O)[C@H](c2ccccc2)C4)c1)Nc1ccc(Cl)cc1. The number of carbonyl (C=O) groups is 4. The van der Waals surface area contributed by atoms with E-state index in [9.17, 15) is 19.2 Å². The Balaban J connectivity index is 1.14. The van der Waals surface area contributed by atoms with E-state index in [0.717, 1.165) is 12.8 Å². The highest BCUT2D eigenvalue weighted by atomic mass is 35.5. The topological polar surface area (TPSA) is 92.8 Å². The largest absolute Gasteiger partial charge is 0.452 e. The number of anilines is 2. The number of benzene rings is 3. The standard InChI is InChI=1S/C30H25ClN2O5/c31-20-9-11-21(12-10-20)32-25(34)16-38-30(37)18-7-4-8-22(13-18)33-28(35)26-19-14-23(17-5-2-1-3-6-17)24(15-19)27(26)29(33)36/h1-13,19,23-24,26-27H,14-16H2,(H,32,34)/t19-,23-,24+,26+,27+/m0/s1. The van der Waals surface area contributed by atoms with Gasteiger partial charge in [0.2, 0.25) is 11.8 Å². The maximum atomic E-state index is 13.6. The Morgan fingerprint density at radius 3 is 2.39 bits per heavy atom. The van der Waals surface area contributed by atoms with Crippen molar-refractivity contribution in [2.24, 2.45) is 23.7 Å². The molecule has 0 aromatic heterocycles. The highest BCUT2D eigenvalue weighted by Crippen LogP contribution is 2.61. The van der Waals surface area contributed by atoms with Gasteiger partial charge in [-0.05, 0) is 78.6 Å². The maximum absolute atomic E-state index is 13.6. The predicted molar refractivity (Wildman–Crippen MR) is 142 cm³/mol. The van der Waals surface area contributed by atoms with Gasteiger partial charge in [-0.15, -0.1) is 0 Å². The molecule has 192 valence electrons. The van der Waals surface area contributed by atoms with Gasteiger partial charge in [0.05, 0.1) is 23.1 Å². The number of imide groups is 1. The third kappa shape index (κ3) is 4.27. The summed E-state index contributed by atoms with van der Waals surface area (Å²) in [7, 11) is 0. The van der Waals surface area contributed by atoms with Gasteiger partial charge >= 0.3 is 5.97 Å². The summed E-state index contributed by atoms with van der Waals surface area (Å²) in [6, 6.07) is 23.0. The van der Waals surface area contributed by atoms with Crippen LogP contribution in [0.1, 0.15) is 34.7 Å². The van der Waals surface area contributed by atoms with Crippen LogP contribution in [0.5, 0.6) is 0 Å². The fraction of sp³-hybridized carbons (Fsp3) is 0.267. The molecule has 5 atom stereocenters. The number of amides is 3. The minimum atomic E-state index is -0.721. The summed E-state index contributed by atoms with van der Waals surface area (Å²) in [5.74, 6) is -1.64. The van der Waals surface area contributed by atoms with E-state index in [0.29, 0.717) is 16.4 Å². The maximum Gasteiger partial charge on any atom is 0.338 e. The van der Waals surface area contributed by atoms with Gasteiger partial charge in [-0.25, -0.2) is 4.79 Å². The Kier molecular flexibility index (Phi) is 6.24. The van der Waals surface area contributed by atoms with Crippen molar-refractivity contribution < 1.29 is 23.9 Å². The van der Waals surface area contributed by atoms with Gasteiger partial charge in [0.1, 0.15) is 0 Å². The van der Waals surface area contributed by atoms with Crippen molar-refractivity contribution in [2.75, 3.05) is 16.8 Å². The summed E-state index contributed by atoms with van der Waals surface area (Å²) in [6.45, 7) is -0.484. The quantitative estimate of drug-likeness (QED) is 0.356. The van der Waals surface area contributed by atoms with E-state index in [1.54, 1.807) is 36.4 Å². The van der Waals surface area contributed by atoms with Gasteiger partial charge < -0.3 is 10.1 Å². The van der Waals surface area contributed by atoms with E-state index in [4.69, 9.17) is 16.3 Å². The lowest BCUT2D eigenvalue weighted by atomic mass is 9.73. The van der Waals surface area contributed by atoms with Crippen LogP contribution >= 0.6 is 11.6 Å². The minimum absolute atomic E-state index is 0.140. The Hall–Kier alpha value is -3.97. The fourth-order valence-corrected chi connectivity index (χ4v) is 6.64. The van der Waals surface area contributed by atoms with E-state index in [1.165, 1.54) is 22.6 Å². The summed E-state index contributed by atoms with van der Waals surface area (Å²) in [5, 5.41) is 3.16. The number of ether oxygens (including phenoxy) is 1. The molecule has 8 heteroatoms. The molecule has 0 spiro atoms. The molecule has 2 saturated carbocycles. The number of hydrogen-bond donors (Lipinski definition) is 1. The van der Waals surface area contributed by atoms with Gasteiger partial charge in [-0.2, -0.15) is 0 Å². The van der Waals surface area contributed by atoms with E-state index in [1.807, 2.05) is 18.2 Å². The molecule has 3 fully saturated rings. The first kappa shape index (κ1) is 24.4. The molecule has 3 aromatic carbocycles. The number of nitrogens with zero attached hydrogens (tertiary/aromatic N) is 1. The summed E-state index contributed by atoms with van der Waals surface area (Å²) < 4.78 is 5.17. The molecule has 1 N–H and O–H groups in total. The van der Waals surface area contributed by atoms with Crippen LogP contribution in [-0.2, 0) is 19.1 Å². The van der Waals surface area contributed by atoms with Crippen LogP contribution in [-0.4, -0.2) is 30.3 Å². The first-order valence-corrected chi connectivity index (χ1v) is 13.0. The van der Waals surface area contributed by atoms with Gasteiger partial charge in [0.25, 0.3) is 5.91 Å². The second kappa shape index (κ2) is 9.72. The van der Waals surface area contributed by atoms with E-state index in [-0.39, 0.29) is 47.0 Å². The Morgan fingerprint density at radius 1 is 0.895 bits per heavy atom. The normalized spacial score (nSPS) is 25.4. The molecule has 3 amide bonds. The lowest BCUT2D eigenvalue weighted by Gasteiger charge is -2.28. The zero-order valence-electron chi connectivity index (χ0n) is 20.4. The van der Waals surface area contributed by atoms with Crippen LogP contribution in [0.15, 0.2) is 78.9 Å². The number of nitrogens with one attached hydrogen (secondary N) is 1. The van der Waals surface area contributed by atoms with Crippen LogP contribution in [0.4, 0.5) is 11.4 Å². The fourth-order valence-electron chi connectivity index (χ4n) is 6.51. The van der Waals surface area contributed by atoms with Crippen LogP contribution < -0.4 is 10.2 Å². The van der Waals surface area contributed by atoms with Gasteiger partial charge in [-0.1, -0.05) is 48.0 Å². The van der Waals surface area contributed by atoms with Gasteiger partial charge in [0, 0.05) is 10.7 Å². The summed E-state index contributed by atoms with van der Waals surface area (Å²) in [5.41, 5.74) is 2.26. The zero-order valence-corrected chi connectivity index (χ0v) is 21.1. The van der Waals surface area contributed by atoms with Crippen molar-refractivity contribution in [3.8, 4) is 0 Å². The van der Waals surface area contributed by atoms with Gasteiger partial charge in [-0.3, -0.25) is 19.3 Å². The Morgan fingerprint density at radius 2 is 1.63 bits per heavy atom. The highest BCUT2D eigenvalue weighted by Gasteiger charge is 2.64. The first-order valence-electron chi connectivity index (χ1n) is 12.7. The number of rotatable bonds is 6. The number of fused-ring (bicyclic) bond motifs is 5. The third-order valence-corrected chi connectivity index (χ3v) is 8.30. The van der Waals surface area contributed by atoms with Gasteiger partial charge in [0.15, 0.2) is 6.61 Å². The molecular weight excluding hydrogens is 504 g/mol. The third-order valence-electron chi connectivity index (χ3n) is 8.05. The van der Waals surface area contributed by atoms with Crippen molar-refractivity contribution in [2.45, 2.75) is 18.8 Å². The molecular formula is C30H25ClN2O5. The van der Waals surface area contributed by atoms with E-state index < -0.39 is 18.5 Å². The monoisotopic (exact) mass is 528 g/mol. The van der Waals surface area contributed by atoms with Crippen molar-refractivity contribution in [3.63, 3.8) is 0 Å². The number of hydrogen-bond acceptors (Lipinski definition) is 5. The van der Waals surface area contributed by atoms with Crippen LogP contribution in [0.25, 0.3) is 0 Å². The molecule has 1 heterocycles. The lowest BCUT2D eigenvalue weighted by molar-refractivity contribution is -0.123. The second-order valence-corrected chi connectivity index (χ2v) is 10.6. The molecule has 1 aliphatic heterocycles. The van der Waals surface area contributed by atoms with Crippen molar-refractivity contribution in [3.05, 3.63) is 95.0 Å². The smallest absolute Gasteiger partial charge is 0.338 e. The zero-order chi connectivity index (χ0) is 26.4. The molecule has 0 radical (unpaired) electrons. The van der Waals surface area contributed by atoms with Crippen molar-refractivity contribution in [1.29, 1.82) is 0 Å². The molecule has 0 unspecified atom stereocenters. The summed E-state index contributed by atoms with van der Waals surface area (Å²) in [4.78, 5) is 53.1. The van der Waals surface area contributed by atoms with E-state index in [2.05, 4.69) is 17.4 Å². The Bertz CT molecular complexity index is 1420. The molecule has 1 saturated heterocycles. The molecule has 3 aromatic rings. The minimum Gasteiger partial charge on any atom is -0.452 e. The molecule has 2 bridgehead atoms. The average Bonchev–Trinajstić information content (AvgIpc) is 3.60. The van der Waals surface area contributed by atoms with E-state index >= 15 is 0 Å². The predicted octanol–water partition coefficient (Wildman–Crippen LogP) is 5.06. The van der Waals surface area contributed by atoms with Crippen molar-refractivity contribution in [1.82, 2.24) is 0 Å². The molecule has 2 aliphatic carbocycles. The molecule has 7 nitrogen and oxygen atoms in total. The van der Waals surface area contributed by atoms with Crippen LogP contribution in [0.2, 0.25) is 5.02 Å². The first-order chi connectivity index (χ1) is 18.4. The van der Waals surface area contributed by atoms with Crippen LogP contribution in [0.3, 0.4) is 0 Å². The molecule has 3 aliphatic rings.